The minimum atomic E-state index is -1.11. The highest BCUT2D eigenvalue weighted by Gasteiger charge is 2.40. The molecule has 0 fully saturated rings. The molecule has 0 spiro atoms. The Labute approximate surface area is 238 Å². The summed E-state index contributed by atoms with van der Waals surface area (Å²) < 4.78 is 2.78. The SMILES string of the molecule is C=CC(=O)N1CCc2nn(-c3ccc(C(C)C)cc3)c3c2[C@H](C1)N(C(=O)c1ccc(Br)c(C(C)(C)O)c1)CC3. The molecule has 1 aromatic heterocycles. The third-order valence-corrected chi connectivity index (χ3v) is 8.52. The molecule has 39 heavy (non-hydrogen) atoms. The van der Waals surface area contributed by atoms with Crippen molar-refractivity contribution in [1.29, 1.82) is 0 Å². The number of carbonyl (C=O) groups excluding carboxylic acids is 2. The van der Waals surface area contributed by atoms with Gasteiger partial charge in [-0.1, -0.05) is 48.5 Å². The highest BCUT2D eigenvalue weighted by atomic mass is 79.9. The zero-order chi connectivity index (χ0) is 28.1. The monoisotopic (exact) mass is 590 g/mol. The van der Waals surface area contributed by atoms with Crippen molar-refractivity contribution in [1.82, 2.24) is 19.6 Å². The van der Waals surface area contributed by atoms with E-state index in [1.807, 2.05) is 9.58 Å². The van der Waals surface area contributed by atoms with Gasteiger partial charge in [-0.2, -0.15) is 5.10 Å². The number of hydrogen-bond acceptors (Lipinski definition) is 4. The Morgan fingerprint density at radius 2 is 1.85 bits per heavy atom. The zero-order valence-electron chi connectivity index (χ0n) is 22.9. The number of amides is 2. The molecule has 2 amide bonds. The van der Waals surface area contributed by atoms with Gasteiger partial charge in [0.25, 0.3) is 5.91 Å². The third kappa shape index (κ3) is 5.08. The number of rotatable bonds is 5. The summed E-state index contributed by atoms with van der Waals surface area (Å²) in [6.07, 6.45) is 2.60. The van der Waals surface area contributed by atoms with Gasteiger partial charge in [-0.25, -0.2) is 4.68 Å². The Morgan fingerprint density at radius 3 is 2.49 bits per heavy atom. The molecule has 0 unspecified atom stereocenters. The highest BCUT2D eigenvalue weighted by Crippen LogP contribution is 2.38. The average Bonchev–Trinajstić information content (AvgIpc) is 3.17. The largest absolute Gasteiger partial charge is 0.386 e. The van der Waals surface area contributed by atoms with Crippen molar-refractivity contribution in [2.24, 2.45) is 0 Å². The molecule has 0 saturated carbocycles. The Kier molecular flexibility index (Phi) is 7.29. The van der Waals surface area contributed by atoms with Gasteiger partial charge in [0.05, 0.1) is 28.7 Å². The number of aliphatic hydroxyl groups is 1. The van der Waals surface area contributed by atoms with Crippen LogP contribution in [0, 0.1) is 0 Å². The van der Waals surface area contributed by atoms with Crippen molar-refractivity contribution in [3.63, 3.8) is 0 Å². The highest BCUT2D eigenvalue weighted by molar-refractivity contribution is 9.10. The van der Waals surface area contributed by atoms with E-state index in [1.165, 1.54) is 11.6 Å². The number of aromatic nitrogens is 2. The Bertz CT molecular complexity index is 1440. The molecule has 0 saturated heterocycles. The van der Waals surface area contributed by atoms with Gasteiger partial charge in [0.2, 0.25) is 5.91 Å². The summed E-state index contributed by atoms with van der Waals surface area (Å²) in [7, 11) is 0. The lowest BCUT2D eigenvalue weighted by Gasteiger charge is -2.38. The van der Waals surface area contributed by atoms with Crippen LogP contribution in [0.2, 0.25) is 0 Å². The Hall–Kier alpha value is -3.23. The maximum absolute atomic E-state index is 14.0. The minimum absolute atomic E-state index is 0.128. The van der Waals surface area contributed by atoms with E-state index < -0.39 is 5.60 Å². The molecule has 2 aliphatic rings. The molecule has 0 radical (unpaired) electrons. The van der Waals surface area contributed by atoms with Gasteiger partial charge in [0.1, 0.15) is 0 Å². The second-order valence-corrected chi connectivity index (χ2v) is 12.1. The normalized spacial score (nSPS) is 17.2. The van der Waals surface area contributed by atoms with Gasteiger partial charge in [0.15, 0.2) is 0 Å². The van der Waals surface area contributed by atoms with E-state index in [0.717, 1.165) is 27.1 Å². The molecule has 1 atom stereocenters. The molecule has 1 N–H and O–H groups in total. The number of benzene rings is 2. The number of halogens is 1. The van der Waals surface area contributed by atoms with Crippen LogP contribution in [0.3, 0.4) is 0 Å². The summed E-state index contributed by atoms with van der Waals surface area (Å²) in [6, 6.07) is 13.5. The van der Waals surface area contributed by atoms with Crippen LogP contribution in [0.25, 0.3) is 5.69 Å². The first-order valence-electron chi connectivity index (χ1n) is 13.4. The summed E-state index contributed by atoms with van der Waals surface area (Å²) in [5, 5.41) is 15.7. The quantitative estimate of drug-likeness (QED) is 0.409. The van der Waals surface area contributed by atoms with Crippen molar-refractivity contribution in [3.8, 4) is 5.69 Å². The topological polar surface area (TPSA) is 78.7 Å². The number of hydrogen-bond donors (Lipinski definition) is 1. The van der Waals surface area contributed by atoms with E-state index in [2.05, 4.69) is 60.6 Å². The molecule has 3 aromatic rings. The van der Waals surface area contributed by atoms with Gasteiger partial charge in [-0.05, 0) is 67.3 Å². The van der Waals surface area contributed by atoms with Crippen molar-refractivity contribution in [2.75, 3.05) is 19.6 Å². The predicted molar refractivity (Wildman–Crippen MR) is 155 cm³/mol. The molecule has 3 heterocycles. The van der Waals surface area contributed by atoms with Crippen LogP contribution in [0.1, 0.15) is 78.1 Å². The summed E-state index contributed by atoms with van der Waals surface area (Å²) in [4.78, 5) is 30.4. The Morgan fingerprint density at radius 1 is 1.13 bits per heavy atom. The fourth-order valence-electron chi connectivity index (χ4n) is 5.67. The van der Waals surface area contributed by atoms with E-state index >= 15 is 0 Å². The maximum Gasteiger partial charge on any atom is 0.254 e. The first-order chi connectivity index (χ1) is 18.5. The molecule has 7 nitrogen and oxygen atoms in total. The molecular formula is C31H35BrN4O3. The molecule has 2 aromatic carbocycles. The van der Waals surface area contributed by atoms with Gasteiger partial charge < -0.3 is 14.9 Å². The van der Waals surface area contributed by atoms with Crippen LogP contribution in [-0.2, 0) is 23.2 Å². The van der Waals surface area contributed by atoms with Crippen LogP contribution < -0.4 is 0 Å². The first-order valence-corrected chi connectivity index (χ1v) is 14.2. The molecular weight excluding hydrogens is 556 g/mol. The lowest BCUT2D eigenvalue weighted by Crippen LogP contribution is -2.45. The minimum Gasteiger partial charge on any atom is -0.386 e. The zero-order valence-corrected chi connectivity index (χ0v) is 24.5. The summed E-state index contributed by atoms with van der Waals surface area (Å²) in [5.41, 5.74) is 5.37. The Balaban J connectivity index is 1.57. The summed E-state index contributed by atoms with van der Waals surface area (Å²) in [5.74, 6) is 0.168. The van der Waals surface area contributed by atoms with E-state index in [0.29, 0.717) is 49.5 Å². The molecule has 8 heteroatoms. The van der Waals surface area contributed by atoms with Crippen molar-refractivity contribution >= 4 is 27.7 Å². The first kappa shape index (κ1) is 27.3. The maximum atomic E-state index is 14.0. The lowest BCUT2D eigenvalue weighted by atomic mass is 9.93. The second-order valence-electron chi connectivity index (χ2n) is 11.2. The number of carbonyl (C=O) groups is 2. The fourth-order valence-corrected chi connectivity index (χ4v) is 6.41. The molecule has 0 aliphatic carbocycles. The summed E-state index contributed by atoms with van der Waals surface area (Å²) >= 11 is 3.51. The van der Waals surface area contributed by atoms with Crippen LogP contribution in [-0.4, -0.2) is 56.1 Å². The van der Waals surface area contributed by atoms with E-state index in [9.17, 15) is 14.7 Å². The molecule has 0 bridgehead atoms. The van der Waals surface area contributed by atoms with Crippen molar-refractivity contribution in [2.45, 2.75) is 58.1 Å². The average molecular weight is 592 g/mol. The van der Waals surface area contributed by atoms with Gasteiger partial charge >= 0.3 is 0 Å². The third-order valence-electron chi connectivity index (χ3n) is 7.83. The van der Waals surface area contributed by atoms with E-state index in [4.69, 9.17) is 5.10 Å². The van der Waals surface area contributed by atoms with Crippen molar-refractivity contribution < 1.29 is 14.7 Å². The van der Waals surface area contributed by atoms with E-state index in [-0.39, 0.29) is 17.9 Å². The van der Waals surface area contributed by atoms with Gasteiger partial charge in [-0.15, -0.1) is 0 Å². The smallest absolute Gasteiger partial charge is 0.254 e. The van der Waals surface area contributed by atoms with E-state index in [1.54, 1.807) is 36.9 Å². The molecule has 2 aliphatic heterocycles. The lowest BCUT2D eigenvalue weighted by molar-refractivity contribution is -0.126. The van der Waals surface area contributed by atoms with Gasteiger partial charge in [0, 0.05) is 48.1 Å². The fraction of sp³-hybridized carbons (Fsp3) is 0.387. The standard InChI is InChI=1S/C31H35BrN4O3/c1-6-28(37)34-15-13-25-29-26(36(33-25)22-10-7-20(8-11-22)19(2)3)14-16-35(27(29)18-34)30(38)21-9-12-24(32)23(17-21)31(4,5)39/h6-12,17,19,27,39H,1,13-16,18H2,2-5H3/t27-/m0/s1. The van der Waals surface area contributed by atoms with Crippen molar-refractivity contribution in [3.05, 3.63) is 93.2 Å². The summed E-state index contributed by atoms with van der Waals surface area (Å²) in [6.45, 7) is 12.8. The van der Waals surface area contributed by atoms with Crippen LogP contribution in [0.5, 0.6) is 0 Å². The molecule has 204 valence electrons. The number of nitrogens with zero attached hydrogens (tertiary/aromatic N) is 4. The second kappa shape index (κ2) is 10.4. The van der Waals surface area contributed by atoms with Crippen LogP contribution >= 0.6 is 15.9 Å². The van der Waals surface area contributed by atoms with Crippen LogP contribution in [0.4, 0.5) is 0 Å². The van der Waals surface area contributed by atoms with Crippen LogP contribution in [0.15, 0.2) is 59.6 Å². The molecule has 5 rings (SSSR count). The predicted octanol–water partition coefficient (Wildman–Crippen LogP) is 5.30. The van der Waals surface area contributed by atoms with Gasteiger partial charge in [-0.3, -0.25) is 9.59 Å².